The van der Waals surface area contributed by atoms with E-state index in [1.807, 2.05) is 30.3 Å². The van der Waals surface area contributed by atoms with Gasteiger partial charge in [0.15, 0.2) is 0 Å². The lowest BCUT2D eigenvalue weighted by Crippen LogP contribution is -2.32. The minimum Gasteiger partial charge on any atom is -0.322 e. The Morgan fingerprint density at radius 2 is 1.44 bits per heavy atom. The van der Waals surface area contributed by atoms with Crippen molar-refractivity contribution in [3.05, 3.63) is 101 Å². The maximum absolute atomic E-state index is 13.7. The lowest BCUT2D eigenvalue weighted by atomic mass is 9.98. The maximum Gasteiger partial charge on any atom is 0.238 e. The Bertz CT molecular complexity index is 914. The van der Waals surface area contributed by atoms with Crippen LogP contribution in [0.25, 0.3) is 0 Å². The Morgan fingerprint density at radius 3 is 2.15 bits per heavy atom. The molecule has 0 fully saturated rings. The molecule has 138 valence electrons. The van der Waals surface area contributed by atoms with Gasteiger partial charge in [-0.3, -0.25) is 10.1 Å². The average molecular weight is 370 g/mol. The standard InChI is InChI=1S/C21H17F3N2O/c22-16-8-6-15(7-9-16)21(14-4-2-1-3-5-14)25-13-20(27)26-19-12-17(23)10-11-18(19)24/h1-12,21,25H,13H2,(H,26,27). The molecule has 0 aliphatic carbocycles. The van der Waals surface area contributed by atoms with E-state index in [-0.39, 0.29) is 24.1 Å². The number of carbonyl (C=O) groups excluding carboxylic acids is 1. The summed E-state index contributed by atoms with van der Waals surface area (Å²) >= 11 is 0. The normalized spacial score (nSPS) is 11.8. The molecular formula is C21H17F3N2O. The fourth-order valence-electron chi connectivity index (χ4n) is 2.71. The van der Waals surface area contributed by atoms with Crippen molar-refractivity contribution in [2.75, 3.05) is 11.9 Å². The van der Waals surface area contributed by atoms with Gasteiger partial charge in [0.2, 0.25) is 5.91 Å². The van der Waals surface area contributed by atoms with E-state index in [9.17, 15) is 18.0 Å². The fraction of sp³-hybridized carbons (Fsp3) is 0.0952. The Labute approximate surface area is 154 Å². The summed E-state index contributed by atoms with van der Waals surface area (Å²) in [5.74, 6) is -2.25. The lowest BCUT2D eigenvalue weighted by Gasteiger charge is -2.20. The largest absolute Gasteiger partial charge is 0.322 e. The third-order valence-electron chi connectivity index (χ3n) is 4.01. The van der Waals surface area contributed by atoms with Crippen LogP contribution in [0, 0.1) is 17.5 Å². The van der Waals surface area contributed by atoms with Crippen LogP contribution in [-0.2, 0) is 4.79 Å². The monoisotopic (exact) mass is 370 g/mol. The molecule has 6 heteroatoms. The predicted octanol–water partition coefficient (Wildman–Crippen LogP) is 4.42. The molecule has 0 radical (unpaired) electrons. The lowest BCUT2D eigenvalue weighted by molar-refractivity contribution is -0.115. The van der Waals surface area contributed by atoms with Crippen LogP contribution in [0.15, 0.2) is 72.8 Å². The molecule has 3 nitrogen and oxygen atoms in total. The van der Waals surface area contributed by atoms with Crippen molar-refractivity contribution in [1.29, 1.82) is 0 Å². The van der Waals surface area contributed by atoms with Crippen molar-refractivity contribution >= 4 is 11.6 Å². The molecule has 3 aromatic rings. The highest BCUT2D eigenvalue weighted by Gasteiger charge is 2.16. The summed E-state index contributed by atoms with van der Waals surface area (Å²) < 4.78 is 40.1. The molecule has 1 amide bonds. The summed E-state index contributed by atoms with van der Waals surface area (Å²) in [5, 5.41) is 5.42. The number of hydrogen-bond donors (Lipinski definition) is 2. The van der Waals surface area contributed by atoms with Crippen LogP contribution in [0.1, 0.15) is 17.2 Å². The van der Waals surface area contributed by atoms with Crippen LogP contribution < -0.4 is 10.6 Å². The Morgan fingerprint density at radius 1 is 0.815 bits per heavy atom. The van der Waals surface area contributed by atoms with Gasteiger partial charge in [-0.05, 0) is 35.4 Å². The summed E-state index contributed by atoms with van der Waals surface area (Å²) in [5.41, 5.74) is 1.43. The first-order valence-corrected chi connectivity index (χ1v) is 8.31. The summed E-state index contributed by atoms with van der Waals surface area (Å²) in [6, 6.07) is 17.8. The minimum absolute atomic E-state index is 0.146. The highest BCUT2D eigenvalue weighted by atomic mass is 19.1. The summed E-state index contributed by atoms with van der Waals surface area (Å²) in [4.78, 5) is 12.2. The van der Waals surface area contributed by atoms with Gasteiger partial charge in [0.1, 0.15) is 17.5 Å². The summed E-state index contributed by atoms with van der Waals surface area (Å²) in [7, 11) is 0. The van der Waals surface area contributed by atoms with Crippen molar-refractivity contribution < 1.29 is 18.0 Å². The van der Waals surface area contributed by atoms with E-state index in [1.165, 1.54) is 12.1 Å². The van der Waals surface area contributed by atoms with E-state index in [0.29, 0.717) is 0 Å². The third kappa shape index (κ3) is 4.95. The zero-order valence-corrected chi connectivity index (χ0v) is 14.3. The van der Waals surface area contributed by atoms with Crippen molar-refractivity contribution in [3.63, 3.8) is 0 Å². The molecule has 0 spiro atoms. The first-order chi connectivity index (χ1) is 13.0. The van der Waals surface area contributed by atoms with Gasteiger partial charge in [-0.25, -0.2) is 13.2 Å². The van der Waals surface area contributed by atoms with Gasteiger partial charge in [-0.2, -0.15) is 0 Å². The van der Waals surface area contributed by atoms with Crippen LogP contribution in [0.4, 0.5) is 18.9 Å². The molecule has 0 saturated carbocycles. The molecule has 0 aliphatic heterocycles. The van der Waals surface area contributed by atoms with Crippen molar-refractivity contribution in [3.8, 4) is 0 Å². The SMILES string of the molecule is O=C(CNC(c1ccccc1)c1ccc(F)cc1)Nc1cc(F)ccc1F. The van der Waals surface area contributed by atoms with Crippen LogP contribution in [0.3, 0.4) is 0 Å². The molecule has 0 aliphatic rings. The number of halogens is 3. The van der Waals surface area contributed by atoms with Crippen molar-refractivity contribution in [1.82, 2.24) is 5.32 Å². The van der Waals surface area contributed by atoms with Gasteiger partial charge in [0.05, 0.1) is 18.3 Å². The van der Waals surface area contributed by atoms with E-state index in [4.69, 9.17) is 0 Å². The third-order valence-corrected chi connectivity index (χ3v) is 4.01. The van der Waals surface area contributed by atoms with Crippen LogP contribution in [0.5, 0.6) is 0 Å². The van der Waals surface area contributed by atoms with Crippen LogP contribution >= 0.6 is 0 Å². The Hall–Kier alpha value is -3.12. The molecule has 0 saturated heterocycles. The molecule has 3 rings (SSSR count). The van der Waals surface area contributed by atoms with Gasteiger partial charge in [0.25, 0.3) is 0 Å². The van der Waals surface area contributed by atoms with E-state index in [2.05, 4.69) is 10.6 Å². The topological polar surface area (TPSA) is 41.1 Å². The van der Waals surface area contributed by atoms with Gasteiger partial charge < -0.3 is 5.32 Å². The van der Waals surface area contributed by atoms with Gasteiger partial charge >= 0.3 is 0 Å². The second-order valence-electron chi connectivity index (χ2n) is 5.95. The number of amides is 1. The number of nitrogens with one attached hydrogen (secondary N) is 2. The maximum atomic E-state index is 13.7. The molecule has 0 heterocycles. The van der Waals surface area contributed by atoms with Gasteiger partial charge in [-0.1, -0.05) is 42.5 Å². The van der Waals surface area contributed by atoms with E-state index < -0.39 is 17.5 Å². The molecule has 27 heavy (non-hydrogen) atoms. The number of hydrogen-bond acceptors (Lipinski definition) is 2. The average Bonchev–Trinajstić information content (AvgIpc) is 2.67. The molecular weight excluding hydrogens is 353 g/mol. The number of benzene rings is 3. The van der Waals surface area contributed by atoms with Crippen molar-refractivity contribution in [2.24, 2.45) is 0 Å². The summed E-state index contributed by atoms with van der Waals surface area (Å²) in [6.45, 7) is -0.146. The molecule has 1 unspecified atom stereocenters. The van der Waals surface area contributed by atoms with E-state index in [1.54, 1.807) is 12.1 Å². The highest BCUT2D eigenvalue weighted by Crippen LogP contribution is 2.22. The van der Waals surface area contributed by atoms with Gasteiger partial charge in [-0.15, -0.1) is 0 Å². The zero-order chi connectivity index (χ0) is 19.2. The molecule has 2 N–H and O–H groups in total. The fourth-order valence-corrected chi connectivity index (χ4v) is 2.71. The summed E-state index contributed by atoms with van der Waals surface area (Å²) in [6.07, 6.45) is 0. The molecule has 1 atom stereocenters. The Kier molecular flexibility index (Phi) is 5.88. The predicted molar refractivity (Wildman–Crippen MR) is 97.7 cm³/mol. The van der Waals surface area contributed by atoms with Crippen LogP contribution in [-0.4, -0.2) is 12.5 Å². The minimum atomic E-state index is -0.720. The smallest absolute Gasteiger partial charge is 0.238 e. The van der Waals surface area contributed by atoms with Gasteiger partial charge in [0, 0.05) is 6.07 Å². The Balaban J connectivity index is 1.73. The van der Waals surface area contributed by atoms with Crippen LogP contribution in [0.2, 0.25) is 0 Å². The first-order valence-electron chi connectivity index (χ1n) is 8.31. The molecule has 0 bridgehead atoms. The number of anilines is 1. The molecule has 3 aromatic carbocycles. The highest BCUT2D eigenvalue weighted by molar-refractivity contribution is 5.92. The van der Waals surface area contributed by atoms with E-state index in [0.717, 1.165) is 29.3 Å². The second kappa shape index (κ2) is 8.51. The van der Waals surface area contributed by atoms with E-state index >= 15 is 0 Å². The first kappa shape index (κ1) is 18.7. The number of rotatable bonds is 6. The number of carbonyl (C=O) groups is 1. The second-order valence-corrected chi connectivity index (χ2v) is 5.95. The van der Waals surface area contributed by atoms with Crippen molar-refractivity contribution in [2.45, 2.75) is 6.04 Å². The molecule has 0 aromatic heterocycles. The zero-order valence-electron chi connectivity index (χ0n) is 14.3. The quantitative estimate of drug-likeness (QED) is 0.674.